The molecular formula is C19H19BrN2O3S. The highest BCUT2D eigenvalue weighted by molar-refractivity contribution is 9.10. The molecule has 0 saturated heterocycles. The first-order valence-corrected chi connectivity index (χ1v) is 9.91. The number of benzene rings is 2. The van der Waals surface area contributed by atoms with Crippen LogP contribution in [-0.4, -0.2) is 22.6 Å². The third kappa shape index (κ3) is 5.51. The molecule has 5 nitrogen and oxygen atoms in total. The second-order valence-electron chi connectivity index (χ2n) is 5.67. The van der Waals surface area contributed by atoms with Gasteiger partial charge in [0.2, 0.25) is 0 Å². The zero-order valence-electron chi connectivity index (χ0n) is 14.6. The number of halogens is 1. The van der Waals surface area contributed by atoms with Crippen molar-refractivity contribution >= 4 is 27.7 Å². The van der Waals surface area contributed by atoms with Crippen molar-refractivity contribution in [3.05, 3.63) is 64.0 Å². The van der Waals surface area contributed by atoms with Crippen LogP contribution in [0.2, 0.25) is 0 Å². The summed E-state index contributed by atoms with van der Waals surface area (Å²) in [6.07, 6.45) is 0. The van der Waals surface area contributed by atoms with Crippen LogP contribution in [0.4, 0.5) is 0 Å². The van der Waals surface area contributed by atoms with Gasteiger partial charge in [-0.1, -0.05) is 39.8 Å². The van der Waals surface area contributed by atoms with E-state index >= 15 is 0 Å². The van der Waals surface area contributed by atoms with Crippen LogP contribution in [0.25, 0.3) is 0 Å². The van der Waals surface area contributed by atoms with Gasteiger partial charge in [-0.2, -0.15) is 0 Å². The first-order chi connectivity index (χ1) is 12.6. The van der Waals surface area contributed by atoms with E-state index in [0.717, 1.165) is 32.9 Å². The Hall–Kier alpha value is -1.99. The lowest BCUT2D eigenvalue weighted by Crippen LogP contribution is -1.99. The predicted octanol–water partition coefficient (Wildman–Crippen LogP) is 5.20. The van der Waals surface area contributed by atoms with Gasteiger partial charge in [0.15, 0.2) is 6.61 Å². The first kappa shape index (κ1) is 18.8. The Morgan fingerprint density at radius 1 is 1.04 bits per heavy atom. The molecule has 0 amide bonds. The number of nitrogens with zero attached hydrogens (tertiary/aromatic N) is 2. The number of aromatic nitrogens is 2. The monoisotopic (exact) mass is 434 g/mol. The van der Waals surface area contributed by atoms with Gasteiger partial charge in [0.1, 0.15) is 11.5 Å². The summed E-state index contributed by atoms with van der Waals surface area (Å²) in [5.74, 6) is 2.85. The smallest absolute Gasteiger partial charge is 0.276 e. The molecule has 136 valence electrons. The Bertz CT molecular complexity index is 852. The fraction of sp³-hybridized carbons (Fsp3) is 0.263. The molecule has 0 bridgehead atoms. The maximum absolute atomic E-state index is 5.78. The average Bonchev–Trinajstić information content (AvgIpc) is 3.09. The first-order valence-electron chi connectivity index (χ1n) is 8.14. The fourth-order valence-electron chi connectivity index (χ4n) is 2.18. The minimum absolute atomic E-state index is 0.257. The second kappa shape index (κ2) is 9.09. The zero-order chi connectivity index (χ0) is 18.4. The van der Waals surface area contributed by atoms with Crippen molar-refractivity contribution in [2.75, 3.05) is 12.4 Å². The van der Waals surface area contributed by atoms with Crippen molar-refractivity contribution in [1.29, 1.82) is 0 Å². The molecule has 0 radical (unpaired) electrons. The Kier molecular flexibility index (Phi) is 6.57. The topological polar surface area (TPSA) is 57.4 Å². The van der Waals surface area contributed by atoms with Gasteiger partial charge in [0.05, 0.1) is 6.61 Å². The van der Waals surface area contributed by atoms with Crippen molar-refractivity contribution in [2.24, 2.45) is 0 Å². The molecule has 0 aliphatic rings. The van der Waals surface area contributed by atoms with Gasteiger partial charge in [-0.05, 0) is 55.3 Å². The van der Waals surface area contributed by atoms with E-state index in [-0.39, 0.29) is 6.61 Å². The predicted molar refractivity (Wildman–Crippen MR) is 105 cm³/mol. The molecule has 7 heteroatoms. The van der Waals surface area contributed by atoms with E-state index in [0.29, 0.717) is 17.7 Å². The van der Waals surface area contributed by atoms with Crippen molar-refractivity contribution in [2.45, 2.75) is 25.7 Å². The van der Waals surface area contributed by atoms with E-state index in [1.807, 2.05) is 50.2 Å². The standard InChI is InChI=1S/C19H19BrN2O3S/c1-13-3-4-14(2)17(11-13)24-12-18-21-22-19(25-18)26-10-9-23-16-7-5-15(20)6-8-16/h3-8,11H,9-10,12H2,1-2H3. The third-order valence-electron chi connectivity index (χ3n) is 3.53. The molecule has 0 unspecified atom stereocenters. The molecular weight excluding hydrogens is 416 g/mol. The van der Waals surface area contributed by atoms with Crippen LogP contribution < -0.4 is 9.47 Å². The van der Waals surface area contributed by atoms with Crippen LogP contribution in [-0.2, 0) is 6.61 Å². The summed E-state index contributed by atoms with van der Waals surface area (Å²) < 4.78 is 18.1. The molecule has 0 aliphatic carbocycles. The summed E-state index contributed by atoms with van der Waals surface area (Å²) in [7, 11) is 0. The molecule has 0 N–H and O–H groups in total. The van der Waals surface area contributed by atoms with E-state index in [1.165, 1.54) is 11.8 Å². The zero-order valence-corrected chi connectivity index (χ0v) is 17.0. The highest BCUT2D eigenvalue weighted by Crippen LogP contribution is 2.22. The number of aryl methyl sites for hydroxylation is 2. The molecule has 3 aromatic rings. The molecule has 1 aromatic heterocycles. The summed E-state index contributed by atoms with van der Waals surface area (Å²) in [4.78, 5) is 0. The molecule has 1 heterocycles. The maximum atomic E-state index is 5.78. The van der Waals surface area contributed by atoms with Crippen molar-refractivity contribution in [3.8, 4) is 11.5 Å². The van der Waals surface area contributed by atoms with E-state index in [1.54, 1.807) is 0 Å². The Labute approximate surface area is 165 Å². The van der Waals surface area contributed by atoms with Gasteiger partial charge in [-0.15, -0.1) is 10.2 Å². The maximum Gasteiger partial charge on any atom is 0.276 e. The lowest BCUT2D eigenvalue weighted by atomic mass is 10.1. The second-order valence-corrected chi connectivity index (χ2v) is 7.63. The number of rotatable bonds is 8. The third-order valence-corrected chi connectivity index (χ3v) is 4.85. The van der Waals surface area contributed by atoms with Crippen LogP contribution >= 0.6 is 27.7 Å². The SMILES string of the molecule is Cc1ccc(C)c(OCc2nnc(SCCOc3ccc(Br)cc3)o2)c1. The van der Waals surface area contributed by atoms with Crippen LogP contribution in [0.5, 0.6) is 11.5 Å². The van der Waals surface area contributed by atoms with E-state index < -0.39 is 0 Å². The Morgan fingerprint density at radius 2 is 1.85 bits per heavy atom. The normalized spacial score (nSPS) is 10.7. The molecule has 26 heavy (non-hydrogen) atoms. The number of ether oxygens (including phenoxy) is 2. The fourth-order valence-corrected chi connectivity index (χ4v) is 3.04. The van der Waals surface area contributed by atoms with E-state index in [2.05, 4.69) is 32.2 Å². The highest BCUT2D eigenvalue weighted by Gasteiger charge is 2.09. The summed E-state index contributed by atoms with van der Waals surface area (Å²) >= 11 is 4.86. The molecule has 3 rings (SSSR count). The summed E-state index contributed by atoms with van der Waals surface area (Å²) in [6, 6.07) is 13.8. The lowest BCUT2D eigenvalue weighted by Gasteiger charge is -2.07. The van der Waals surface area contributed by atoms with Crippen LogP contribution in [0.3, 0.4) is 0 Å². The van der Waals surface area contributed by atoms with E-state index in [4.69, 9.17) is 13.9 Å². The van der Waals surface area contributed by atoms with Gasteiger partial charge < -0.3 is 13.9 Å². The Morgan fingerprint density at radius 3 is 2.65 bits per heavy atom. The molecule has 2 aromatic carbocycles. The molecule has 0 saturated carbocycles. The quantitative estimate of drug-likeness (QED) is 0.358. The lowest BCUT2D eigenvalue weighted by molar-refractivity contribution is 0.250. The van der Waals surface area contributed by atoms with Gasteiger partial charge in [0.25, 0.3) is 11.1 Å². The van der Waals surface area contributed by atoms with E-state index in [9.17, 15) is 0 Å². The molecule has 0 fully saturated rings. The Balaban J connectivity index is 1.43. The molecule has 0 aliphatic heterocycles. The van der Waals surface area contributed by atoms with Gasteiger partial charge in [-0.3, -0.25) is 0 Å². The molecule has 0 atom stereocenters. The minimum atomic E-state index is 0.257. The van der Waals surface area contributed by atoms with Gasteiger partial charge >= 0.3 is 0 Å². The average molecular weight is 435 g/mol. The number of hydrogen-bond donors (Lipinski definition) is 0. The van der Waals surface area contributed by atoms with Crippen molar-refractivity contribution in [1.82, 2.24) is 10.2 Å². The summed E-state index contributed by atoms with van der Waals surface area (Å²) in [5, 5.41) is 8.57. The summed E-state index contributed by atoms with van der Waals surface area (Å²) in [5.41, 5.74) is 2.23. The largest absolute Gasteiger partial charge is 0.493 e. The van der Waals surface area contributed by atoms with Crippen LogP contribution in [0, 0.1) is 13.8 Å². The van der Waals surface area contributed by atoms with Crippen LogP contribution in [0.15, 0.2) is 56.6 Å². The number of thioether (sulfide) groups is 1. The summed E-state index contributed by atoms with van der Waals surface area (Å²) in [6.45, 7) is 4.86. The molecule has 0 spiro atoms. The number of hydrogen-bond acceptors (Lipinski definition) is 6. The minimum Gasteiger partial charge on any atom is -0.493 e. The van der Waals surface area contributed by atoms with Gasteiger partial charge in [-0.25, -0.2) is 0 Å². The van der Waals surface area contributed by atoms with Gasteiger partial charge in [0, 0.05) is 10.2 Å². The van der Waals surface area contributed by atoms with Crippen molar-refractivity contribution < 1.29 is 13.9 Å². The van der Waals surface area contributed by atoms with Crippen LogP contribution in [0.1, 0.15) is 17.0 Å². The highest BCUT2D eigenvalue weighted by atomic mass is 79.9. The van der Waals surface area contributed by atoms with Crippen molar-refractivity contribution in [3.63, 3.8) is 0 Å².